The fourth-order valence-corrected chi connectivity index (χ4v) is 3.25. The number of furan rings is 1. The van der Waals surface area contributed by atoms with Crippen LogP contribution >= 0.6 is 0 Å². The van der Waals surface area contributed by atoms with Gasteiger partial charge < -0.3 is 15.1 Å². The predicted molar refractivity (Wildman–Crippen MR) is 119 cm³/mol. The van der Waals surface area contributed by atoms with Gasteiger partial charge in [-0.25, -0.2) is 0 Å². The van der Waals surface area contributed by atoms with E-state index in [1.807, 2.05) is 60.7 Å². The van der Waals surface area contributed by atoms with Gasteiger partial charge in [-0.1, -0.05) is 49.4 Å². The highest BCUT2D eigenvalue weighted by Gasteiger charge is 2.12. The van der Waals surface area contributed by atoms with Crippen LogP contribution in [0.15, 0.2) is 83.3 Å². The molecule has 0 aliphatic heterocycles. The number of aryl methyl sites for hydroxylation is 1. The number of fused-ring (bicyclic) bond motifs is 1. The summed E-state index contributed by atoms with van der Waals surface area (Å²) in [4.78, 5) is 24.8. The van der Waals surface area contributed by atoms with Crippen LogP contribution in [0, 0.1) is 0 Å². The molecule has 150 valence electrons. The average molecular weight is 398 g/mol. The Morgan fingerprint density at radius 3 is 2.37 bits per heavy atom. The quantitative estimate of drug-likeness (QED) is 0.455. The molecule has 5 nitrogen and oxygen atoms in total. The molecule has 0 fully saturated rings. The minimum absolute atomic E-state index is 0.0812. The Kier molecular flexibility index (Phi) is 5.61. The third-order valence-corrected chi connectivity index (χ3v) is 4.84. The maximum absolute atomic E-state index is 12.4. The highest BCUT2D eigenvalue weighted by atomic mass is 16.3. The van der Waals surface area contributed by atoms with Crippen molar-refractivity contribution in [1.29, 1.82) is 0 Å². The molecule has 0 aliphatic rings. The van der Waals surface area contributed by atoms with E-state index in [-0.39, 0.29) is 24.0 Å². The minimum atomic E-state index is -0.313. The third-order valence-electron chi connectivity index (χ3n) is 4.84. The molecule has 4 rings (SSSR count). The van der Waals surface area contributed by atoms with Gasteiger partial charge in [-0.15, -0.1) is 0 Å². The van der Waals surface area contributed by atoms with Crippen LogP contribution in [0.25, 0.3) is 11.0 Å². The zero-order valence-corrected chi connectivity index (χ0v) is 16.6. The molecule has 2 amide bonds. The van der Waals surface area contributed by atoms with Gasteiger partial charge in [-0.2, -0.15) is 0 Å². The summed E-state index contributed by atoms with van der Waals surface area (Å²) in [5.74, 6) is -0.135. The fourth-order valence-electron chi connectivity index (χ4n) is 3.25. The summed E-state index contributed by atoms with van der Waals surface area (Å²) in [6.45, 7) is 2.08. The highest BCUT2D eigenvalue weighted by Crippen LogP contribution is 2.20. The molecule has 30 heavy (non-hydrogen) atoms. The molecule has 1 aromatic heterocycles. The largest absolute Gasteiger partial charge is 0.451 e. The number of amides is 2. The van der Waals surface area contributed by atoms with Crippen molar-refractivity contribution in [2.75, 3.05) is 10.6 Å². The van der Waals surface area contributed by atoms with Gasteiger partial charge in [-0.05, 0) is 53.9 Å². The molecule has 3 aromatic carbocycles. The lowest BCUT2D eigenvalue weighted by Crippen LogP contribution is -2.14. The summed E-state index contributed by atoms with van der Waals surface area (Å²) in [6.07, 6.45) is 1.18. The van der Waals surface area contributed by atoms with Crippen molar-refractivity contribution in [3.05, 3.63) is 95.7 Å². The van der Waals surface area contributed by atoms with Crippen LogP contribution in [-0.4, -0.2) is 11.8 Å². The van der Waals surface area contributed by atoms with E-state index in [2.05, 4.69) is 17.6 Å². The second-order valence-electron chi connectivity index (χ2n) is 7.08. The molecule has 0 atom stereocenters. The Hall–Kier alpha value is -3.86. The lowest BCUT2D eigenvalue weighted by molar-refractivity contribution is -0.115. The van der Waals surface area contributed by atoms with Gasteiger partial charge in [0.25, 0.3) is 5.91 Å². The number of carbonyl (C=O) groups is 2. The van der Waals surface area contributed by atoms with Gasteiger partial charge in [0.2, 0.25) is 5.91 Å². The second-order valence-corrected chi connectivity index (χ2v) is 7.08. The smallest absolute Gasteiger partial charge is 0.291 e. The van der Waals surface area contributed by atoms with Crippen molar-refractivity contribution < 1.29 is 14.0 Å². The number of carbonyl (C=O) groups excluding carboxylic acids is 2. The van der Waals surface area contributed by atoms with Crippen molar-refractivity contribution in [1.82, 2.24) is 0 Å². The van der Waals surface area contributed by atoms with E-state index in [4.69, 9.17) is 4.42 Å². The third kappa shape index (κ3) is 4.58. The second kappa shape index (κ2) is 8.66. The molecule has 2 N–H and O–H groups in total. The SMILES string of the molecule is CCc1cccc(NC(=O)Cc2ccc(NC(=O)c3cc4ccccc4o3)cc2)c1. The molecule has 0 unspecified atom stereocenters. The molecular formula is C25H22N2O3. The zero-order valence-electron chi connectivity index (χ0n) is 16.6. The summed E-state index contributed by atoms with van der Waals surface area (Å²) in [5, 5.41) is 6.63. The summed E-state index contributed by atoms with van der Waals surface area (Å²) in [5.41, 5.74) is 4.15. The van der Waals surface area contributed by atoms with Gasteiger partial charge in [0, 0.05) is 16.8 Å². The predicted octanol–water partition coefficient (Wildman–Crippen LogP) is 5.43. The maximum atomic E-state index is 12.4. The number of hydrogen-bond donors (Lipinski definition) is 2. The Morgan fingerprint density at radius 2 is 1.60 bits per heavy atom. The Labute approximate surface area is 174 Å². The van der Waals surface area contributed by atoms with Crippen LogP contribution in [0.2, 0.25) is 0 Å². The summed E-state index contributed by atoms with van der Waals surface area (Å²) in [6, 6.07) is 24.3. The first-order chi connectivity index (χ1) is 14.6. The number of anilines is 2. The standard InChI is InChI=1S/C25H22N2O3/c1-2-17-6-5-8-21(14-17)26-24(28)15-18-10-12-20(13-11-18)27-25(29)23-16-19-7-3-4-9-22(19)30-23/h3-14,16H,2,15H2,1H3,(H,26,28)(H,27,29). The summed E-state index contributed by atoms with van der Waals surface area (Å²) < 4.78 is 5.59. The van der Waals surface area contributed by atoms with Crippen molar-refractivity contribution >= 4 is 34.2 Å². The van der Waals surface area contributed by atoms with Crippen molar-refractivity contribution in [2.24, 2.45) is 0 Å². The van der Waals surface area contributed by atoms with Crippen LogP contribution in [-0.2, 0) is 17.6 Å². The number of hydrogen-bond acceptors (Lipinski definition) is 3. The molecule has 0 spiro atoms. The first-order valence-electron chi connectivity index (χ1n) is 9.88. The van der Waals surface area contributed by atoms with Gasteiger partial charge >= 0.3 is 0 Å². The van der Waals surface area contributed by atoms with Crippen LogP contribution in [0.1, 0.15) is 28.6 Å². The number of para-hydroxylation sites is 1. The minimum Gasteiger partial charge on any atom is -0.451 e. The van der Waals surface area contributed by atoms with E-state index < -0.39 is 0 Å². The van der Waals surface area contributed by atoms with Crippen LogP contribution in [0.4, 0.5) is 11.4 Å². The summed E-state index contributed by atoms with van der Waals surface area (Å²) >= 11 is 0. The molecule has 4 aromatic rings. The van der Waals surface area contributed by atoms with Gasteiger partial charge in [0.05, 0.1) is 6.42 Å². The Morgan fingerprint density at radius 1 is 0.800 bits per heavy atom. The fraction of sp³-hybridized carbons (Fsp3) is 0.120. The molecule has 1 heterocycles. The number of rotatable bonds is 6. The van der Waals surface area contributed by atoms with Gasteiger partial charge in [-0.3, -0.25) is 9.59 Å². The van der Waals surface area contributed by atoms with Crippen LogP contribution in [0.3, 0.4) is 0 Å². The van der Waals surface area contributed by atoms with E-state index in [0.29, 0.717) is 11.3 Å². The van der Waals surface area contributed by atoms with E-state index >= 15 is 0 Å². The van der Waals surface area contributed by atoms with Gasteiger partial charge in [0.1, 0.15) is 5.58 Å². The molecule has 0 radical (unpaired) electrons. The van der Waals surface area contributed by atoms with Crippen molar-refractivity contribution in [3.8, 4) is 0 Å². The lowest BCUT2D eigenvalue weighted by atomic mass is 10.1. The molecular weight excluding hydrogens is 376 g/mol. The topological polar surface area (TPSA) is 71.3 Å². The van der Waals surface area contributed by atoms with E-state index in [1.165, 1.54) is 5.56 Å². The number of benzene rings is 3. The van der Waals surface area contributed by atoms with E-state index in [9.17, 15) is 9.59 Å². The van der Waals surface area contributed by atoms with Crippen molar-refractivity contribution in [2.45, 2.75) is 19.8 Å². The molecule has 0 bridgehead atoms. The normalized spacial score (nSPS) is 10.7. The molecule has 0 saturated carbocycles. The Bertz CT molecular complexity index is 1160. The maximum Gasteiger partial charge on any atom is 0.291 e. The average Bonchev–Trinajstić information content (AvgIpc) is 3.20. The molecule has 0 saturated heterocycles. The first kappa shape index (κ1) is 19.5. The lowest BCUT2D eigenvalue weighted by Gasteiger charge is -2.08. The molecule has 5 heteroatoms. The zero-order chi connectivity index (χ0) is 20.9. The monoisotopic (exact) mass is 398 g/mol. The van der Waals surface area contributed by atoms with Crippen LogP contribution < -0.4 is 10.6 Å². The molecule has 0 aliphatic carbocycles. The summed E-state index contributed by atoms with van der Waals surface area (Å²) in [7, 11) is 0. The first-order valence-corrected chi connectivity index (χ1v) is 9.88. The van der Waals surface area contributed by atoms with E-state index in [1.54, 1.807) is 18.2 Å². The Balaban J connectivity index is 1.36. The van der Waals surface area contributed by atoms with Crippen molar-refractivity contribution in [3.63, 3.8) is 0 Å². The highest BCUT2D eigenvalue weighted by molar-refractivity contribution is 6.04. The van der Waals surface area contributed by atoms with Gasteiger partial charge in [0.15, 0.2) is 5.76 Å². The van der Waals surface area contributed by atoms with Crippen LogP contribution in [0.5, 0.6) is 0 Å². The number of nitrogens with one attached hydrogen (secondary N) is 2. The van der Waals surface area contributed by atoms with E-state index in [0.717, 1.165) is 23.1 Å².